The number of nitrogens with zero attached hydrogens (tertiary/aromatic N) is 1. The third kappa shape index (κ3) is 19.3. The summed E-state index contributed by atoms with van der Waals surface area (Å²) in [5, 5.41) is 57.6. The number of aromatic amines is 1. The number of amides is 8. The van der Waals surface area contributed by atoms with E-state index in [1.54, 1.807) is 51.1 Å². The Balaban J connectivity index is 2.23. The topological polar surface area (TPSA) is 403 Å². The van der Waals surface area contributed by atoms with Gasteiger partial charge in [0.05, 0.1) is 25.6 Å². The van der Waals surface area contributed by atoms with Gasteiger partial charge in [0.25, 0.3) is 0 Å². The standard InChI is InChI=1S/C44H67N11O14/c1-7-22(3)34(45)42(66)55-35(23(4)8-2)43(67)53-31(19-56)41(65)49-24(5)36(60)48-25(6)37(61)50-28(14-15-33(58)59)38(62)52-30(17-27-18-46-21-47-27)40(64)51-29(16-26-12-10-9-11-13-26)39(63)54-32(20-57)44(68)69/h9-13,18,21-25,28-32,34-35,56-57H,7-8,14-17,19-20,45H2,1-6H3,(H,46,47)(H,48,60)(H,49,65)(H,50,61)(H,51,64)(H,52,62)(H,53,67)(H,54,63)(H,55,66)(H,58,59)(H,68,69)/t22-,23-,24-,25-,28-,29-,30-,31-,32-,34-,35-/m0/s1. The third-order valence-electron chi connectivity index (χ3n) is 11.3. The maximum atomic E-state index is 13.9. The Bertz CT molecular complexity index is 2060. The lowest BCUT2D eigenvalue weighted by molar-refractivity contribution is -0.143. The van der Waals surface area contributed by atoms with Gasteiger partial charge in [0.15, 0.2) is 0 Å². The maximum Gasteiger partial charge on any atom is 0.328 e. The smallest absolute Gasteiger partial charge is 0.328 e. The summed E-state index contributed by atoms with van der Waals surface area (Å²) in [5.74, 6) is -10.8. The number of carboxylic acid groups (broad SMARTS) is 2. The Morgan fingerprint density at radius 2 is 1.06 bits per heavy atom. The number of carbonyl (C=O) groups is 10. The van der Waals surface area contributed by atoms with Crippen molar-refractivity contribution in [2.24, 2.45) is 17.6 Å². The van der Waals surface area contributed by atoms with Crippen molar-refractivity contribution in [3.8, 4) is 0 Å². The molecule has 0 spiro atoms. The van der Waals surface area contributed by atoms with Crippen molar-refractivity contribution in [3.63, 3.8) is 0 Å². The van der Waals surface area contributed by atoms with Crippen LogP contribution in [0.4, 0.5) is 0 Å². The molecule has 0 aliphatic rings. The van der Waals surface area contributed by atoms with Gasteiger partial charge in [-0.05, 0) is 37.7 Å². The number of H-pyrrole nitrogens is 1. The van der Waals surface area contributed by atoms with E-state index in [1.807, 2.05) is 6.92 Å². The monoisotopic (exact) mass is 973 g/mol. The summed E-state index contributed by atoms with van der Waals surface area (Å²) in [5.41, 5.74) is 6.92. The number of aliphatic hydroxyl groups is 2. The molecule has 0 saturated carbocycles. The lowest BCUT2D eigenvalue weighted by Crippen LogP contribution is -2.61. The van der Waals surface area contributed by atoms with Gasteiger partial charge in [-0.25, -0.2) is 9.78 Å². The first-order valence-corrected chi connectivity index (χ1v) is 22.4. The minimum absolute atomic E-state index is 0.156. The summed E-state index contributed by atoms with van der Waals surface area (Å²) in [6.07, 6.45) is 2.11. The zero-order chi connectivity index (χ0) is 52.0. The fourth-order valence-electron chi connectivity index (χ4n) is 6.42. The van der Waals surface area contributed by atoms with Crippen LogP contribution in [0.1, 0.15) is 78.5 Å². The van der Waals surface area contributed by atoms with E-state index in [0.29, 0.717) is 24.1 Å². The molecule has 0 aliphatic heterocycles. The van der Waals surface area contributed by atoms with Gasteiger partial charge in [-0.15, -0.1) is 0 Å². The molecule has 25 nitrogen and oxygen atoms in total. The lowest BCUT2D eigenvalue weighted by atomic mass is 9.95. The van der Waals surface area contributed by atoms with E-state index in [9.17, 15) is 68.4 Å². The van der Waals surface area contributed by atoms with Crippen molar-refractivity contribution < 1.29 is 68.4 Å². The Kier molecular flexibility index (Phi) is 24.5. The zero-order valence-electron chi connectivity index (χ0n) is 39.4. The van der Waals surface area contributed by atoms with E-state index in [0.717, 1.165) is 0 Å². The highest BCUT2D eigenvalue weighted by Gasteiger charge is 2.35. The number of aliphatic hydroxyl groups excluding tert-OH is 2. The van der Waals surface area contributed by atoms with Crippen LogP contribution in [0.5, 0.6) is 0 Å². The summed E-state index contributed by atoms with van der Waals surface area (Å²) in [7, 11) is 0. The molecule has 0 bridgehead atoms. The highest BCUT2D eigenvalue weighted by Crippen LogP contribution is 2.12. The molecule has 382 valence electrons. The Morgan fingerprint density at radius 1 is 0.580 bits per heavy atom. The number of carbonyl (C=O) groups excluding carboxylic acids is 8. The van der Waals surface area contributed by atoms with E-state index in [1.165, 1.54) is 26.4 Å². The van der Waals surface area contributed by atoms with Crippen molar-refractivity contribution in [2.75, 3.05) is 13.2 Å². The lowest BCUT2D eigenvalue weighted by Gasteiger charge is -2.28. The van der Waals surface area contributed by atoms with Gasteiger partial charge in [-0.3, -0.25) is 43.2 Å². The van der Waals surface area contributed by atoms with Crippen LogP contribution in [-0.2, 0) is 60.8 Å². The van der Waals surface area contributed by atoms with Gasteiger partial charge in [-0.2, -0.15) is 0 Å². The molecular weight excluding hydrogens is 907 g/mol. The van der Waals surface area contributed by atoms with Gasteiger partial charge >= 0.3 is 11.9 Å². The second-order valence-electron chi connectivity index (χ2n) is 16.7. The number of aromatic nitrogens is 2. The van der Waals surface area contributed by atoms with Crippen LogP contribution in [-0.4, -0.2) is 157 Å². The number of benzene rings is 1. The molecule has 1 aromatic carbocycles. The minimum Gasteiger partial charge on any atom is -0.481 e. The number of hydrogen-bond donors (Lipinski definition) is 14. The van der Waals surface area contributed by atoms with Gasteiger partial charge in [-0.1, -0.05) is 70.9 Å². The highest BCUT2D eigenvalue weighted by atomic mass is 16.4. The molecule has 15 N–H and O–H groups in total. The second-order valence-corrected chi connectivity index (χ2v) is 16.7. The summed E-state index contributed by atoms with van der Waals surface area (Å²) in [6, 6.07) is -4.41. The highest BCUT2D eigenvalue weighted by molar-refractivity contribution is 5.98. The maximum absolute atomic E-state index is 13.9. The van der Waals surface area contributed by atoms with Gasteiger partial charge in [0.2, 0.25) is 47.3 Å². The number of rotatable bonds is 30. The summed E-state index contributed by atoms with van der Waals surface area (Å²) >= 11 is 0. The second kappa shape index (κ2) is 29.0. The third-order valence-corrected chi connectivity index (χ3v) is 11.3. The van der Waals surface area contributed by atoms with Gasteiger partial charge in [0.1, 0.15) is 48.3 Å². The minimum atomic E-state index is -1.71. The molecule has 0 aliphatic carbocycles. The average molecular weight is 974 g/mol. The number of hydrogen-bond acceptors (Lipinski definition) is 14. The molecule has 0 saturated heterocycles. The first kappa shape index (κ1) is 58.1. The summed E-state index contributed by atoms with van der Waals surface area (Å²) in [4.78, 5) is 137. The molecule has 0 unspecified atom stereocenters. The van der Waals surface area contributed by atoms with Gasteiger partial charge < -0.3 is 73.7 Å². The fourth-order valence-corrected chi connectivity index (χ4v) is 6.42. The molecule has 2 rings (SSSR count). The molecular formula is C44H67N11O14. The number of nitrogens with one attached hydrogen (secondary N) is 9. The molecule has 0 radical (unpaired) electrons. The molecule has 1 heterocycles. The van der Waals surface area contributed by atoms with Crippen molar-refractivity contribution in [3.05, 3.63) is 54.1 Å². The molecule has 1 aromatic heterocycles. The number of nitrogens with two attached hydrogens (primary N) is 1. The quantitative estimate of drug-likeness (QED) is 0.0361. The first-order chi connectivity index (χ1) is 32.6. The average Bonchev–Trinajstić information content (AvgIpc) is 3.84. The molecule has 8 amide bonds. The van der Waals surface area contributed by atoms with Crippen molar-refractivity contribution in [1.29, 1.82) is 0 Å². The van der Waals surface area contributed by atoms with Crippen LogP contribution >= 0.6 is 0 Å². The Hall–Kier alpha value is -6.99. The van der Waals surface area contributed by atoms with Crippen LogP contribution < -0.4 is 48.3 Å². The van der Waals surface area contributed by atoms with E-state index in [2.05, 4.69) is 52.5 Å². The molecule has 69 heavy (non-hydrogen) atoms. The van der Waals surface area contributed by atoms with Crippen LogP contribution in [0.3, 0.4) is 0 Å². The predicted octanol–water partition coefficient (Wildman–Crippen LogP) is -3.53. The molecule has 2 aromatic rings. The van der Waals surface area contributed by atoms with Gasteiger partial charge in [0, 0.05) is 31.2 Å². The zero-order valence-corrected chi connectivity index (χ0v) is 39.4. The summed E-state index contributed by atoms with van der Waals surface area (Å²) < 4.78 is 0. The van der Waals surface area contributed by atoms with Crippen LogP contribution in [0.2, 0.25) is 0 Å². The Labute approximate surface area is 398 Å². The van der Waals surface area contributed by atoms with E-state index in [-0.39, 0.29) is 18.8 Å². The largest absolute Gasteiger partial charge is 0.481 e. The SMILES string of the molecule is CC[C@H](C)[C@H](N)C(=O)N[C@H](C(=O)N[C@@H](CO)C(=O)N[C@@H](C)C(=O)N[C@@H](C)C(=O)N[C@@H](CCC(=O)O)C(=O)N[C@@H](Cc1cnc[nH]1)C(=O)N[C@@H](Cc1ccccc1)C(=O)N[C@@H](CO)C(=O)O)[C@@H](C)CC. The number of imidazole rings is 1. The normalized spacial score (nSPS) is 15.8. The molecule has 11 atom stereocenters. The van der Waals surface area contributed by atoms with Crippen LogP contribution in [0.25, 0.3) is 0 Å². The number of carboxylic acids is 2. The summed E-state index contributed by atoms with van der Waals surface area (Å²) in [6.45, 7) is 7.73. The van der Waals surface area contributed by atoms with Crippen molar-refractivity contribution >= 4 is 59.2 Å². The fraction of sp³-hybridized carbons (Fsp3) is 0.568. The number of aliphatic carboxylic acids is 2. The Morgan fingerprint density at radius 3 is 1.57 bits per heavy atom. The first-order valence-electron chi connectivity index (χ1n) is 22.4. The van der Waals surface area contributed by atoms with E-state index in [4.69, 9.17) is 5.73 Å². The predicted molar refractivity (Wildman–Crippen MR) is 245 cm³/mol. The molecule has 0 fully saturated rings. The molecule has 25 heteroatoms. The van der Waals surface area contributed by atoms with Crippen molar-refractivity contribution in [1.82, 2.24) is 52.5 Å². The van der Waals surface area contributed by atoms with Crippen LogP contribution in [0.15, 0.2) is 42.9 Å². The van der Waals surface area contributed by atoms with E-state index >= 15 is 0 Å². The van der Waals surface area contributed by atoms with Crippen LogP contribution in [0, 0.1) is 11.8 Å². The van der Waals surface area contributed by atoms with Crippen molar-refractivity contribution in [2.45, 2.75) is 134 Å². The van der Waals surface area contributed by atoms with E-state index < -0.39 is 146 Å².